The van der Waals surface area contributed by atoms with Crippen molar-refractivity contribution in [3.05, 3.63) is 46.5 Å². The minimum Gasteiger partial charge on any atom is -0.481 e. The van der Waals surface area contributed by atoms with Gasteiger partial charge in [0.2, 0.25) is 0 Å². The Bertz CT molecular complexity index is 885. The second kappa shape index (κ2) is 7.20. The molecule has 0 spiro atoms. The molecule has 1 saturated heterocycles. The Labute approximate surface area is 153 Å². The van der Waals surface area contributed by atoms with Crippen molar-refractivity contribution in [2.24, 2.45) is 0 Å². The molecule has 1 fully saturated rings. The van der Waals surface area contributed by atoms with Gasteiger partial charge in [0.05, 0.1) is 23.6 Å². The first-order valence-corrected chi connectivity index (χ1v) is 8.76. The largest absolute Gasteiger partial charge is 0.481 e. The van der Waals surface area contributed by atoms with Gasteiger partial charge in [-0.15, -0.1) is 0 Å². The number of rotatable bonds is 5. The topological polar surface area (TPSA) is 84.2 Å². The van der Waals surface area contributed by atoms with Gasteiger partial charge < -0.3 is 10.4 Å². The van der Waals surface area contributed by atoms with Gasteiger partial charge in [0.1, 0.15) is 4.32 Å². The summed E-state index contributed by atoms with van der Waals surface area (Å²) < 4.78 is 2.01. The lowest BCUT2D eigenvalue weighted by atomic mass is 10.1. The molecule has 0 aliphatic carbocycles. The third-order valence-corrected chi connectivity index (χ3v) is 4.76. The first-order valence-electron chi connectivity index (χ1n) is 7.53. The highest BCUT2D eigenvalue weighted by molar-refractivity contribution is 8.26. The van der Waals surface area contributed by atoms with E-state index in [4.69, 9.17) is 17.3 Å². The van der Waals surface area contributed by atoms with Crippen LogP contribution in [0.3, 0.4) is 0 Å². The number of thioether (sulfide) groups is 1. The van der Waals surface area contributed by atoms with E-state index in [1.807, 2.05) is 31.2 Å². The number of carboxylic acid groups (broad SMARTS) is 1. The van der Waals surface area contributed by atoms with Crippen LogP contribution in [-0.2, 0) is 16.1 Å². The molecule has 2 aromatic rings. The van der Waals surface area contributed by atoms with E-state index in [1.54, 1.807) is 17.0 Å². The zero-order valence-corrected chi connectivity index (χ0v) is 15.0. The van der Waals surface area contributed by atoms with Crippen molar-refractivity contribution in [1.29, 1.82) is 0 Å². The van der Waals surface area contributed by atoms with Crippen LogP contribution in [0.5, 0.6) is 0 Å². The maximum absolute atomic E-state index is 11.9. The van der Waals surface area contributed by atoms with Gasteiger partial charge in [-0.1, -0.05) is 53.8 Å². The van der Waals surface area contributed by atoms with Gasteiger partial charge in [0.15, 0.2) is 0 Å². The minimum atomic E-state index is -0.886. The number of nitrogens with zero attached hydrogens (tertiary/aromatic N) is 2. The SMILES string of the molecule is Cc1ccc(-c2nn(CCC(=O)O)cc2/C=C2\SC(=S)NC2=O)cc1. The zero-order chi connectivity index (χ0) is 18.0. The number of aryl methyl sites for hydroxylation is 2. The van der Waals surface area contributed by atoms with E-state index >= 15 is 0 Å². The third kappa shape index (κ3) is 4.15. The summed E-state index contributed by atoms with van der Waals surface area (Å²) in [6.45, 7) is 2.26. The number of nitrogens with one attached hydrogen (secondary N) is 1. The van der Waals surface area contributed by atoms with E-state index < -0.39 is 5.97 Å². The number of aliphatic carboxylic acids is 1. The van der Waals surface area contributed by atoms with Crippen molar-refractivity contribution in [3.8, 4) is 11.3 Å². The summed E-state index contributed by atoms with van der Waals surface area (Å²) in [5.74, 6) is -1.12. The molecular weight excluding hydrogens is 358 g/mol. The van der Waals surface area contributed by atoms with Crippen LogP contribution in [0.1, 0.15) is 17.5 Å². The predicted octanol–water partition coefficient (Wildman–Crippen LogP) is 2.82. The fourth-order valence-electron chi connectivity index (χ4n) is 2.37. The lowest BCUT2D eigenvalue weighted by Crippen LogP contribution is -2.17. The molecule has 2 N–H and O–H groups in total. The van der Waals surface area contributed by atoms with Crippen LogP contribution in [0.15, 0.2) is 35.4 Å². The molecule has 1 amide bonds. The highest BCUT2D eigenvalue weighted by Gasteiger charge is 2.23. The van der Waals surface area contributed by atoms with E-state index in [2.05, 4.69) is 10.4 Å². The maximum Gasteiger partial charge on any atom is 0.305 e. The molecule has 0 atom stereocenters. The number of benzene rings is 1. The van der Waals surface area contributed by atoms with Crippen LogP contribution in [0.4, 0.5) is 0 Å². The Kier molecular flexibility index (Phi) is 5.00. The number of hydrogen-bond acceptors (Lipinski definition) is 5. The Morgan fingerprint density at radius 3 is 2.72 bits per heavy atom. The maximum atomic E-state index is 11.9. The summed E-state index contributed by atoms with van der Waals surface area (Å²) in [7, 11) is 0. The van der Waals surface area contributed by atoms with Crippen molar-refractivity contribution >= 4 is 46.3 Å². The second-order valence-electron chi connectivity index (χ2n) is 5.56. The van der Waals surface area contributed by atoms with Crippen molar-refractivity contribution in [1.82, 2.24) is 15.1 Å². The Morgan fingerprint density at radius 1 is 1.40 bits per heavy atom. The Balaban J connectivity index is 2.00. The van der Waals surface area contributed by atoms with E-state index in [9.17, 15) is 9.59 Å². The van der Waals surface area contributed by atoms with Crippen molar-refractivity contribution < 1.29 is 14.7 Å². The summed E-state index contributed by atoms with van der Waals surface area (Å²) in [5.41, 5.74) is 3.48. The van der Waals surface area contributed by atoms with Gasteiger partial charge in [0, 0.05) is 17.3 Å². The third-order valence-electron chi connectivity index (χ3n) is 3.60. The summed E-state index contributed by atoms with van der Waals surface area (Å²) in [6.07, 6.45) is 3.46. The number of carboxylic acids is 1. The summed E-state index contributed by atoms with van der Waals surface area (Å²) in [6, 6.07) is 7.87. The van der Waals surface area contributed by atoms with Crippen LogP contribution in [0.25, 0.3) is 17.3 Å². The monoisotopic (exact) mass is 373 g/mol. The Hall–Kier alpha value is -2.45. The number of carbonyl (C=O) groups is 2. The highest BCUT2D eigenvalue weighted by atomic mass is 32.2. The van der Waals surface area contributed by atoms with Crippen molar-refractivity contribution in [2.75, 3.05) is 0 Å². The molecule has 1 aromatic heterocycles. The molecule has 0 unspecified atom stereocenters. The number of hydrogen-bond donors (Lipinski definition) is 2. The molecule has 1 aliphatic rings. The van der Waals surface area contributed by atoms with E-state index in [-0.39, 0.29) is 18.9 Å². The molecular formula is C17H15N3O3S2. The van der Waals surface area contributed by atoms with Crippen LogP contribution >= 0.6 is 24.0 Å². The number of carbonyl (C=O) groups excluding carboxylic acids is 1. The average Bonchev–Trinajstić information content (AvgIpc) is 3.09. The molecule has 8 heteroatoms. The molecule has 25 heavy (non-hydrogen) atoms. The van der Waals surface area contributed by atoms with Crippen LogP contribution in [-0.4, -0.2) is 31.1 Å². The number of thiocarbonyl (C=S) groups is 1. The normalized spacial score (nSPS) is 15.6. The molecule has 3 rings (SSSR count). The van der Waals surface area contributed by atoms with Crippen LogP contribution < -0.4 is 5.32 Å². The minimum absolute atomic E-state index is 0.0235. The standard InChI is InChI=1S/C17H15N3O3S2/c1-10-2-4-11(5-3-10)15-12(8-13-16(23)18-17(24)25-13)9-20(19-15)7-6-14(21)22/h2-5,8-9H,6-7H2,1H3,(H,21,22)(H,18,23,24)/b13-8-. The smallest absolute Gasteiger partial charge is 0.305 e. The first kappa shape index (κ1) is 17.4. The predicted molar refractivity (Wildman–Crippen MR) is 101 cm³/mol. The van der Waals surface area contributed by atoms with Crippen LogP contribution in [0.2, 0.25) is 0 Å². The molecule has 6 nitrogen and oxygen atoms in total. The summed E-state index contributed by atoms with van der Waals surface area (Å²) >= 11 is 6.21. The fourth-order valence-corrected chi connectivity index (χ4v) is 3.40. The van der Waals surface area contributed by atoms with E-state index in [0.717, 1.165) is 16.7 Å². The van der Waals surface area contributed by atoms with Gasteiger partial charge >= 0.3 is 5.97 Å². The van der Waals surface area contributed by atoms with Gasteiger partial charge in [-0.2, -0.15) is 5.10 Å². The number of aromatic nitrogens is 2. The van der Waals surface area contributed by atoms with Crippen molar-refractivity contribution in [3.63, 3.8) is 0 Å². The van der Waals surface area contributed by atoms with Gasteiger partial charge in [0.25, 0.3) is 5.91 Å². The van der Waals surface area contributed by atoms with Gasteiger partial charge in [-0.05, 0) is 13.0 Å². The molecule has 0 saturated carbocycles. The highest BCUT2D eigenvalue weighted by Crippen LogP contribution is 2.30. The zero-order valence-electron chi connectivity index (χ0n) is 13.4. The summed E-state index contributed by atoms with van der Waals surface area (Å²) in [5, 5.41) is 16.0. The molecule has 0 radical (unpaired) electrons. The fraction of sp³-hybridized carbons (Fsp3) is 0.176. The molecule has 1 aliphatic heterocycles. The Morgan fingerprint density at radius 2 is 2.12 bits per heavy atom. The quantitative estimate of drug-likeness (QED) is 0.619. The molecule has 0 bridgehead atoms. The summed E-state index contributed by atoms with van der Waals surface area (Å²) in [4.78, 5) is 23.2. The molecule has 128 valence electrons. The number of amides is 1. The van der Waals surface area contributed by atoms with Crippen molar-refractivity contribution in [2.45, 2.75) is 19.9 Å². The van der Waals surface area contributed by atoms with Crippen LogP contribution in [0, 0.1) is 6.92 Å². The molecule has 1 aromatic carbocycles. The second-order valence-corrected chi connectivity index (χ2v) is 7.28. The van der Waals surface area contributed by atoms with E-state index in [0.29, 0.717) is 14.9 Å². The molecule has 2 heterocycles. The van der Waals surface area contributed by atoms with Gasteiger partial charge in [-0.3, -0.25) is 14.3 Å². The van der Waals surface area contributed by atoms with E-state index in [1.165, 1.54) is 11.8 Å². The first-order chi connectivity index (χ1) is 11.9. The lowest BCUT2D eigenvalue weighted by Gasteiger charge is -2.01. The lowest BCUT2D eigenvalue weighted by molar-refractivity contribution is -0.137. The average molecular weight is 373 g/mol. The van der Waals surface area contributed by atoms with Gasteiger partial charge in [-0.25, -0.2) is 0 Å².